The van der Waals surface area contributed by atoms with E-state index in [0.29, 0.717) is 22.7 Å². The van der Waals surface area contributed by atoms with E-state index in [-0.39, 0.29) is 24.5 Å². The van der Waals surface area contributed by atoms with Crippen LogP contribution >= 0.6 is 0 Å². The zero-order chi connectivity index (χ0) is 16.4. The molecular formula is C17H16N2O4. The van der Waals surface area contributed by atoms with Crippen molar-refractivity contribution in [1.82, 2.24) is 0 Å². The van der Waals surface area contributed by atoms with Crippen molar-refractivity contribution >= 4 is 17.5 Å². The van der Waals surface area contributed by atoms with Crippen molar-refractivity contribution in [2.24, 2.45) is 5.73 Å². The normalized spacial score (nSPS) is 13.4. The van der Waals surface area contributed by atoms with Gasteiger partial charge in [0.2, 0.25) is 12.7 Å². The molecular weight excluding hydrogens is 296 g/mol. The van der Waals surface area contributed by atoms with E-state index in [1.807, 2.05) is 0 Å². The van der Waals surface area contributed by atoms with Gasteiger partial charge in [-0.05, 0) is 42.8 Å². The number of rotatable bonds is 4. The monoisotopic (exact) mass is 312 g/mol. The van der Waals surface area contributed by atoms with Gasteiger partial charge in [0, 0.05) is 11.3 Å². The molecule has 0 spiro atoms. The van der Waals surface area contributed by atoms with Gasteiger partial charge in [-0.15, -0.1) is 0 Å². The van der Waals surface area contributed by atoms with Crippen LogP contribution in [0.4, 0.5) is 5.69 Å². The topological polar surface area (TPSA) is 90.7 Å². The lowest BCUT2D eigenvalue weighted by molar-refractivity contribution is -0.119. The zero-order valence-corrected chi connectivity index (χ0v) is 12.5. The molecule has 3 N–H and O–H groups in total. The molecule has 0 aromatic heterocycles. The number of nitrogens with one attached hydrogen (secondary N) is 1. The van der Waals surface area contributed by atoms with Crippen molar-refractivity contribution in [3.05, 3.63) is 53.6 Å². The maximum atomic E-state index is 12.3. The van der Waals surface area contributed by atoms with Crippen molar-refractivity contribution in [3.63, 3.8) is 0 Å². The molecule has 3 rings (SSSR count). The van der Waals surface area contributed by atoms with Crippen molar-refractivity contribution in [1.29, 1.82) is 0 Å². The van der Waals surface area contributed by atoms with Crippen LogP contribution in [0.2, 0.25) is 0 Å². The minimum absolute atomic E-state index is 0.167. The van der Waals surface area contributed by atoms with Gasteiger partial charge in [-0.1, -0.05) is 12.1 Å². The number of carbonyl (C=O) groups is 2. The first kappa shape index (κ1) is 14.9. The van der Waals surface area contributed by atoms with Crippen molar-refractivity contribution in [2.75, 3.05) is 12.1 Å². The van der Waals surface area contributed by atoms with Gasteiger partial charge in [0.1, 0.15) is 0 Å². The van der Waals surface area contributed by atoms with Crippen molar-refractivity contribution < 1.29 is 19.1 Å². The van der Waals surface area contributed by atoms with E-state index >= 15 is 0 Å². The Morgan fingerprint density at radius 1 is 1.09 bits per heavy atom. The minimum atomic E-state index is -0.387. The van der Waals surface area contributed by atoms with Crippen LogP contribution in [0.1, 0.15) is 28.8 Å². The highest BCUT2D eigenvalue weighted by Gasteiger charge is 2.16. The maximum Gasteiger partial charge on any atom is 0.255 e. The quantitative estimate of drug-likeness (QED) is 0.906. The second-order valence-corrected chi connectivity index (χ2v) is 5.27. The summed E-state index contributed by atoms with van der Waals surface area (Å²) >= 11 is 0. The molecule has 6 heteroatoms. The summed E-state index contributed by atoms with van der Waals surface area (Å²) < 4.78 is 10.5. The summed E-state index contributed by atoms with van der Waals surface area (Å²) in [7, 11) is 0. The number of carbonyl (C=O) groups excluding carboxylic acids is 2. The molecule has 0 saturated heterocycles. The molecule has 1 heterocycles. The van der Waals surface area contributed by atoms with E-state index < -0.39 is 0 Å². The number of fused-ring (bicyclic) bond motifs is 1. The second-order valence-electron chi connectivity index (χ2n) is 5.27. The van der Waals surface area contributed by atoms with Crippen LogP contribution in [0.25, 0.3) is 0 Å². The third-order valence-electron chi connectivity index (χ3n) is 3.73. The van der Waals surface area contributed by atoms with Gasteiger partial charge >= 0.3 is 0 Å². The van der Waals surface area contributed by atoms with Crippen LogP contribution in [0.15, 0.2) is 42.5 Å². The summed E-state index contributed by atoms with van der Waals surface area (Å²) in [6.45, 7) is 1.91. The average molecular weight is 312 g/mol. The summed E-state index contributed by atoms with van der Waals surface area (Å²) in [5.74, 6) is 0.185. The third-order valence-corrected chi connectivity index (χ3v) is 3.73. The number of anilines is 1. The standard InChI is InChI=1S/C17H16N2O4/c1-10(16(18)20)11-2-5-13(6-3-11)19-17(21)12-4-7-14-15(8-12)23-9-22-14/h2-8,10H,9H2,1H3,(H2,18,20)(H,19,21). The number of ether oxygens (including phenoxy) is 2. The average Bonchev–Trinajstić information content (AvgIpc) is 3.02. The van der Waals surface area contributed by atoms with Crippen molar-refractivity contribution in [2.45, 2.75) is 12.8 Å². The largest absolute Gasteiger partial charge is 0.454 e. The molecule has 0 aliphatic carbocycles. The zero-order valence-electron chi connectivity index (χ0n) is 12.5. The number of nitrogens with two attached hydrogens (primary N) is 1. The number of hydrogen-bond donors (Lipinski definition) is 2. The van der Waals surface area contributed by atoms with Crippen LogP contribution in [-0.4, -0.2) is 18.6 Å². The lowest BCUT2D eigenvalue weighted by atomic mass is 10.0. The SMILES string of the molecule is CC(C(N)=O)c1ccc(NC(=O)c2ccc3c(c2)OCO3)cc1. The Morgan fingerprint density at radius 3 is 2.48 bits per heavy atom. The van der Waals surface area contributed by atoms with Crippen LogP contribution in [0.3, 0.4) is 0 Å². The Kier molecular flexibility index (Phi) is 3.89. The molecule has 118 valence electrons. The van der Waals surface area contributed by atoms with Gasteiger partial charge in [0.15, 0.2) is 11.5 Å². The predicted octanol–water partition coefficient (Wildman–Crippen LogP) is 2.26. The van der Waals surface area contributed by atoms with E-state index in [2.05, 4.69) is 5.32 Å². The Balaban J connectivity index is 1.71. The molecule has 1 aliphatic rings. The summed E-state index contributed by atoms with van der Waals surface area (Å²) in [5.41, 5.74) is 7.19. The molecule has 0 saturated carbocycles. The number of amides is 2. The second kappa shape index (κ2) is 6.00. The highest BCUT2D eigenvalue weighted by molar-refractivity contribution is 6.04. The molecule has 2 amide bonds. The highest BCUT2D eigenvalue weighted by Crippen LogP contribution is 2.32. The van der Waals surface area contributed by atoms with Gasteiger partial charge in [-0.3, -0.25) is 9.59 Å². The van der Waals surface area contributed by atoms with E-state index in [1.165, 1.54) is 0 Å². The van der Waals surface area contributed by atoms with Gasteiger partial charge in [0.05, 0.1) is 5.92 Å². The summed E-state index contributed by atoms with van der Waals surface area (Å²) in [6.07, 6.45) is 0. The summed E-state index contributed by atoms with van der Waals surface area (Å²) in [6, 6.07) is 12.0. The van der Waals surface area contributed by atoms with Gasteiger partial charge in [-0.2, -0.15) is 0 Å². The molecule has 2 aromatic carbocycles. The predicted molar refractivity (Wildman–Crippen MR) is 84.6 cm³/mol. The van der Waals surface area contributed by atoms with Crippen molar-refractivity contribution in [3.8, 4) is 11.5 Å². The fourth-order valence-corrected chi connectivity index (χ4v) is 2.26. The smallest absolute Gasteiger partial charge is 0.255 e. The Hall–Kier alpha value is -3.02. The van der Waals surface area contributed by atoms with Crippen LogP contribution in [-0.2, 0) is 4.79 Å². The molecule has 0 radical (unpaired) electrons. The summed E-state index contributed by atoms with van der Waals surface area (Å²) in [5, 5.41) is 2.79. The lowest BCUT2D eigenvalue weighted by Gasteiger charge is -2.10. The number of benzene rings is 2. The number of primary amides is 1. The van der Waals surface area contributed by atoms with Crippen LogP contribution in [0, 0.1) is 0 Å². The Labute approximate surface area is 133 Å². The van der Waals surface area contributed by atoms with E-state index in [1.54, 1.807) is 49.4 Å². The first-order valence-corrected chi connectivity index (χ1v) is 7.15. The van der Waals surface area contributed by atoms with Crippen LogP contribution in [0.5, 0.6) is 11.5 Å². The molecule has 0 fully saturated rings. The highest BCUT2D eigenvalue weighted by atomic mass is 16.7. The Bertz CT molecular complexity index is 756. The molecule has 1 unspecified atom stereocenters. The third kappa shape index (κ3) is 3.11. The first-order valence-electron chi connectivity index (χ1n) is 7.15. The van der Waals surface area contributed by atoms with E-state index in [0.717, 1.165) is 5.56 Å². The van der Waals surface area contributed by atoms with E-state index in [4.69, 9.17) is 15.2 Å². The summed E-state index contributed by atoms with van der Waals surface area (Å²) in [4.78, 5) is 23.4. The van der Waals surface area contributed by atoms with Gasteiger partial charge < -0.3 is 20.5 Å². The molecule has 0 bridgehead atoms. The molecule has 6 nitrogen and oxygen atoms in total. The minimum Gasteiger partial charge on any atom is -0.454 e. The first-order chi connectivity index (χ1) is 11.0. The van der Waals surface area contributed by atoms with Crippen LogP contribution < -0.4 is 20.5 Å². The molecule has 1 atom stereocenters. The lowest BCUT2D eigenvalue weighted by Crippen LogP contribution is -2.18. The Morgan fingerprint density at radius 2 is 1.78 bits per heavy atom. The maximum absolute atomic E-state index is 12.3. The van der Waals surface area contributed by atoms with E-state index in [9.17, 15) is 9.59 Å². The molecule has 1 aliphatic heterocycles. The van der Waals surface area contributed by atoms with Gasteiger partial charge in [0.25, 0.3) is 5.91 Å². The number of hydrogen-bond acceptors (Lipinski definition) is 4. The molecule has 23 heavy (non-hydrogen) atoms. The fourth-order valence-electron chi connectivity index (χ4n) is 2.26. The van der Waals surface area contributed by atoms with Gasteiger partial charge in [-0.25, -0.2) is 0 Å². The fraction of sp³-hybridized carbons (Fsp3) is 0.176. The molecule has 2 aromatic rings.